The Labute approximate surface area is 143 Å². The molecule has 1 amide bonds. The van der Waals surface area contributed by atoms with Crippen LogP contribution in [-0.4, -0.2) is 45.5 Å². The van der Waals surface area contributed by atoms with E-state index >= 15 is 0 Å². The molecule has 6 heteroatoms. The van der Waals surface area contributed by atoms with E-state index in [0.717, 1.165) is 25.9 Å². The molecule has 1 aliphatic rings. The monoisotopic (exact) mass is 333 g/mol. The number of carbonyl (C=O) groups excluding carboxylic acids is 1. The highest BCUT2D eigenvalue weighted by Crippen LogP contribution is 2.20. The van der Waals surface area contributed by atoms with Crippen LogP contribution in [0.3, 0.4) is 0 Å². The topological polar surface area (TPSA) is 82.5 Å². The van der Waals surface area contributed by atoms with E-state index in [1.807, 2.05) is 18.7 Å². The fourth-order valence-corrected chi connectivity index (χ4v) is 2.82. The van der Waals surface area contributed by atoms with Gasteiger partial charge in [-0.2, -0.15) is 0 Å². The minimum Gasteiger partial charge on any atom is -0.481 e. The van der Waals surface area contributed by atoms with Crippen LogP contribution in [0.15, 0.2) is 18.3 Å². The van der Waals surface area contributed by atoms with Crippen molar-refractivity contribution in [1.29, 1.82) is 0 Å². The predicted molar refractivity (Wildman–Crippen MR) is 93.1 cm³/mol. The van der Waals surface area contributed by atoms with Gasteiger partial charge in [-0.05, 0) is 51.2 Å². The Balaban J connectivity index is 1.95. The minimum absolute atomic E-state index is 0.0334. The van der Waals surface area contributed by atoms with Crippen molar-refractivity contribution in [3.63, 3.8) is 0 Å². The van der Waals surface area contributed by atoms with Crippen molar-refractivity contribution in [2.24, 2.45) is 5.92 Å². The number of rotatable bonds is 6. The maximum absolute atomic E-state index is 12.5. The van der Waals surface area contributed by atoms with Crippen molar-refractivity contribution in [3.05, 3.63) is 23.9 Å². The number of carboxylic acid groups (broad SMARTS) is 1. The van der Waals surface area contributed by atoms with Crippen molar-refractivity contribution < 1.29 is 14.7 Å². The molecule has 0 aliphatic carbocycles. The summed E-state index contributed by atoms with van der Waals surface area (Å²) in [6.07, 6.45) is 4.30. The lowest BCUT2D eigenvalue weighted by Gasteiger charge is -2.30. The molecule has 1 aromatic heterocycles. The molecule has 0 unspecified atom stereocenters. The second kappa shape index (κ2) is 7.64. The van der Waals surface area contributed by atoms with Gasteiger partial charge >= 0.3 is 5.97 Å². The molecule has 0 atom stereocenters. The Morgan fingerprint density at radius 3 is 2.54 bits per heavy atom. The second-order valence-electron chi connectivity index (χ2n) is 7.31. The van der Waals surface area contributed by atoms with Crippen LogP contribution < -0.4 is 5.32 Å². The molecule has 2 N–H and O–H groups in total. The normalized spacial score (nSPS) is 16.0. The molecule has 24 heavy (non-hydrogen) atoms. The zero-order chi connectivity index (χ0) is 17.7. The van der Waals surface area contributed by atoms with E-state index in [1.165, 1.54) is 0 Å². The molecule has 0 bridgehead atoms. The van der Waals surface area contributed by atoms with Gasteiger partial charge in [0.2, 0.25) is 0 Å². The summed E-state index contributed by atoms with van der Waals surface area (Å²) in [7, 11) is 0. The van der Waals surface area contributed by atoms with Crippen LogP contribution in [-0.2, 0) is 4.79 Å². The van der Waals surface area contributed by atoms with Crippen LogP contribution >= 0.6 is 0 Å². The lowest BCUT2D eigenvalue weighted by Crippen LogP contribution is -2.38. The maximum atomic E-state index is 12.5. The number of nitrogens with zero attached hydrogens (tertiary/aromatic N) is 2. The SMILES string of the molecule is CC1CCN(C(=O)c2ccc(NC(C)(C)CCC(=O)O)nc2)CC1. The molecular formula is C18H27N3O3. The Hall–Kier alpha value is -2.11. The van der Waals surface area contributed by atoms with Gasteiger partial charge in [0, 0.05) is 31.2 Å². The summed E-state index contributed by atoms with van der Waals surface area (Å²) in [5.41, 5.74) is 0.221. The molecule has 2 rings (SSSR count). The summed E-state index contributed by atoms with van der Waals surface area (Å²) < 4.78 is 0. The number of amides is 1. The molecule has 1 aromatic rings. The molecule has 2 heterocycles. The van der Waals surface area contributed by atoms with E-state index in [9.17, 15) is 9.59 Å². The Morgan fingerprint density at radius 1 is 1.33 bits per heavy atom. The van der Waals surface area contributed by atoms with Crippen molar-refractivity contribution in [1.82, 2.24) is 9.88 Å². The Kier molecular flexibility index (Phi) is 5.80. The average Bonchev–Trinajstić information content (AvgIpc) is 2.53. The van der Waals surface area contributed by atoms with E-state index in [1.54, 1.807) is 18.3 Å². The number of nitrogens with one attached hydrogen (secondary N) is 1. The molecule has 0 radical (unpaired) electrons. The molecule has 1 aliphatic heterocycles. The summed E-state index contributed by atoms with van der Waals surface area (Å²) in [6.45, 7) is 7.71. The summed E-state index contributed by atoms with van der Waals surface area (Å²) >= 11 is 0. The van der Waals surface area contributed by atoms with E-state index in [-0.39, 0.29) is 17.9 Å². The zero-order valence-electron chi connectivity index (χ0n) is 14.7. The van der Waals surface area contributed by atoms with Crippen LogP contribution in [0.2, 0.25) is 0 Å². The molecule has 132 valence electrons. The van der Waals surface area contributed by atoms with Gasteiger partial charge in [-0.15, -0.1) is 0 Å². The van der Waals surface area contributed by atoms with Gasteiger partial charge in [-0.25, -0.2) is 4.98 Å². The number of anilines is 1. The molecule has 1 saturated heterocycles. The summed E-state index contributed by atoms with van der Waals surface area (Å²) in [5.74, 6) is 0.557. The first-order chi connectivity index (χ1) is 11.3. The van der Waals surface area contributed by atoms with Crippen molar-refractivity contribution in [2.75, 3.05) is 18.4 Å². The molecule has 0 saturated carbocycles. The molecule has 6 nitrogen and oxygen atoms in total. The summed E-state index contributed by atoms with van der Waals surface area (Å²) in [5, 5.41) is 12.0. The second-order valence-corrected chi connectivity index (χ2v) is 7.31. The molecule has 0 aromatic carbocycles. The number of carboxylic acids is 1. The fourth-order valence-electron chi connectivity index (χ4n) is 2.82. The molecule has 1 fully saturated rings. The number of hydrogen-bond acceptors (Lipinski definition) is 4. The first kappa shape index (κ1) is 18.2. The number of pyridine rings is 1. The third-order valence-electron chi connectivity index (χ3n) is 4.51. The molecular weight excluding hydrogens is 306 g/mol. The number of hydrogen-bond donors (Lipinski definition) is 2. The van der Waals surface area contributed by atoms with Gasteiger partial charge in [-0.3, -0.25) is 9.59 Å². The lowest BCUT2D eigenvalue weighted by atomic mass is 9.98. The van der Waals surface area contributed by atoms with E-state index in [0.29, 0.717) is 23.7 Å². The highest BCUT2D eigenvalue weighted by Gasteiger charge is 2.22. The van der Waals surface area contributed by atoms with Gasteiger partial charge in [0.25, 0.3) is 5.91 Å². The van der Waals surface area contributed by atoms with Crippen molar-refractivity contribution in [3.8, 4) is 0 Å². The maximum Gasteiger partial charge on any atom is 0.303 e. The van der Waals surface area contributed by atoms with Crippen molar-refractivity contribution in [2.45, 2.75) is 52.0 Å². The predicted octanol–water partition coefficient (Wildman–Crippen LogP) is 3.01. The van der Waals surface area contributed by atoms with E-state index < -0.39 is 5.97 Å². The van der Waals surface area contributed by atoms with Crippen LogP contribution in [0.4, 0.5) is 5.82 Å². The van der Waals surface area contributed by atoms with Crippen LogP contribution in [0.1, 0.15) is 56.8 Å². The zero-order valence-corrected chi connectivity index (χ0v) is 14.7. The van der Waals surface area contributed by atoms with Gasteiger partial charge in [0.1, 0.15) is 5.82 Å². The standard InChI is InChI=1S/C18H27N3O3/c1-13-7-10-21(11-8-13)17(24)14-4-5-15(19-12-14)20-18(2,3)9-6-16(22)23/h4-5,12-13H,6-11H2,1-3H3,(H,19,20)(H,22,23). The Bertz CT molecular complexity index is 576. The van der Waals surface area contributed by atoms with E-state index in [2.05, 4.69) is 17.2 Å². The van der Waals surface area contributed by atoms with Crippen LogP contribution in [0, 0.1) is 5.92 Å². The minimum atomic E-state index is -0.811. The van der Waals surface area contributed by atoms with Gasteiger partial charge in [-0.1, -0.05) is 6.92 Å². The highest BCUT2D eigenvalue weighted by atomic mass is 16.4. The van der Waals surface area contributed by atoms with Gasteiger partial charge in [0.15, 0.2) is 0 Å². The third-order valence-corrected chi connectivity index (χ3v) is 4.51. The first-order valence-corrected chi connectivity index (χ1v) is 8.52. The number of piperidine rings is 1. The summed E-state index contributed by atoms with van der Waals surface area (Å²) in [4.78, 5) is 29.4. The van der Waals surface area contributed by atoms with Gasteiger partial charge in [0.05, 0.1) is 5.56 Å². The van der Waals surface area contributed by atoms with Gasteiger partial charge < -0.3 is 15.3 Å². The highest BCUT2D eigenvalue weighted by molar-refractivity contribution is 5.94. The summed E-state index contributed by atoms with van der Waals surface area (Å²) in [6, 6.07) is 3.56. The van der Waals surface area contributed by atoms with Crippen molar-refractivity contribution >= 4 is 17.7 Å². The largest absolute Gasteiger partial charge is 0.481 e. The first-order valence-electron chi connectivity index (χ1n) is 8.52. The smallest absolute Gasteiger partial charge is 0.303 e. The lowest BCUT2D eigenvalue weighted by molar-refractivity contribution is -0.137. The Morgan fingerprint density at radius 2 is 2.00 bits per heavy atom. The van der Waals surface area contributed by atoms with E-state index in [4.69, 9.17) is 5.11 Å². The molecule has 0 spiro atoms. The average molecular weight is 333 g/mol. The number of carbonyl (C=O) groups is 2. The number of likely N-dealkylation sites (tertiary alicyclic amines) is 1. The fraction of sp³-hybridized carbons (Fsp3) is 0.611. The quantitative estimate of drug-likeness (QED) is 0.836. The third kappa shape index (κ3) is 5.22. The van der Waals surface area contributed by atoms with Crippen LogP contribution in [0.25, 0.3) is 0 Å². The number of aromatic nitrogens is 1. The van der Waals surface area contributed by atoms with Crippen LogP contribution in [0.5, 0.6) is 0 Å². The number of aliphatic carboxylic acids is 1.